The van der Waals surface area contributed by atoms with Gasteiger partial charge < -0.3 is 0 Å². The van der Waals surface area contributed by atoms with E-state index in [2.05, 4.69) is 27.8 Å². The summed E-state index contributed by atoms with van der Waals surface area (Å²) in [6.07, 6.45) is 1.77. The Balaban J connectivity index is 2.25. The highest BCUT2D eigenvalue weighted by molar-refractivity contribution is 9.09. The molecule has 2 unspecified atom stereocenters. The zero-order valence-corrected chi connectivity index (χ0v) is 12.1. The summed E-state index contributed by atoms with van der Waals surface area (Å²) < 4.78 is 13.1. The Morgan fingerprint density at radius 2 is 2.06 bits per heavy atom. The number of nitrogens with zero attached hydrogens (tertiary/aromatic N) is 1. The number of pyridine rings is 1. The summed E-state index contributed by atoms with van der Waals surface area (Å²) in [7, 11) is 0. The molecule has 1 nitrogen and oxygen atoms in total. The molecular formula is C14H12BrClFN. The molecule has 0 saturated heterocycles. The van der Waals surface area contributed by atoms with Gasteiger partial charge in [-0.15, -0.1) is 0 Å². The van der Waals surface area contributed by atoms with Crippen LogP contribution in [0.25, 0.3) is 0 Å². The molecule has 1 heterocycles. The fraction of sp³-hybridized carbons (Fsp3) is 0.214. The van der Waals surface area contributed by atoms with Crippen molar-refractivity contribution in [1.29, 1.82) is 0 Å². The molecule has 0 N–H and O–H groups in total. The minimum absolute atomic E-state index is 0.0468. The second-order valence-corrected chi connectivity index (χ2v) is 5.51. The SMILES string of the molecule is CC(c1ccccn1)C(Br)c1ccc(F)c(Cl)c1. The Kier molecular flexibility index (Phi) is 4.36. The van der Waals surface area contributed by atoms with E-state index < -0.39 is 5.82 Å². The van der Waals surface area contributed by atoms with Crippen molar-refractivity contribution >= 4 is 27.5 Å². The van der Waals surface area contributed by atoms with Gasteiger partial charge in [-0.3, -0.25) is 4.98 Å². The first-order valence-corrected chi connectivity index (χ1v) is 6.89. The van der Waals surface area contributed by atoms with Gasteiger partial charge in [0.2, 0.25) is 0 Å². The van der Waals surface area contributed by atoms with Crippen LogP contribution in [0.2, 0.25) is 5.02 Å². The van der Waals surface area contributed by atoms with Gasteiger partial charge in [-0.05, 0) is 29.8 Å². The minimum Gasteiger partial charge on any atom is -0.261 e. The van der Waals surface area contributed by atoms with E-state index in [0.29, 0.717) is 0 Å². The molecule has 2 rings (SSSR count). The quantitative estimate of drug-likeness (QED) is 0.713. The number of hydrogen-bond donors (Lipinski definition) is 0. The monoisotopic (exact) mass is 327 g/mol. The number of aromatic nitrogens is 1. The summed E-state index contributed by atoms with van der Waals surface area (Å²) in [4.78, 5) is 4.37. The lowest BCUT2D eigenvalue weighted by Crippen LogP contribution is -2.04. The van der Waals surface area contributed by atoms with E-state index in [9.17, 15) is 4.39 Å². The van der Waals surface area contributed by atoms with Crippen LogP contribution in [0.15, 0.2) is 42.6 Å². The lowest BCUT2D eigenvalue weighted by molar-refractivity contribution is 0.626. The predicted molar refractivity (Wildman–Crippen MR) is 75.7 cm³/mol. The van der Waals surface area contributed by atoms with E-state index >= 15 is 0 Å². The lowest BCUT2D eigenvalue weighted by Gasteiger charge is -2.18. The van der Waals surface area contributed by atoms with Gasteiger partial charge in [0.25, 0.3) is 0 Å². The van der Waals surface area contributed by atoms with E-state index in [1.165, 1.54) is 6.07 Å². The summed E-state index contributed by atoms with van der Waals surface area (Å²) in [5.41, 5.74) is 1.93. The van der Waals surface area contributed by atoms with E-state index in [0.717, 1.165) is 11.3 Å². The fourth-order valence-electron chi connectivity index (χ4n) is 1.77. The molecule has 0 radical (unpaired) electrons. The summed E-state index contributed by atoms with van der Waals surface area (Å²) in [6, 6.07) is 10.6. The summed E-state index contributed by atoms with van der Waals surface area (Å²) >= 11 is 9.42. The molecule has 0 fully saturated rings. The Morgan fingerprint density at radius 1 is 1.28 bits per heavy atom. The van der Waals surface area contributed by atoms with E-state index in [4.69, 9.17) is 11.6 Å². The van der Waals surface area contributed by atoms with Crippen LogP contribution in [-0.2, 0) is 0 Å². The number of alkyl halides is 1. The molecule has 18 heavy (non-hydrogen) atoms. The van der Waals surface area contributed by atoms with Gasteiger partial charge in [-0.1, -0.05) is 46.6 Å². The highest BCUT2D eigenvalue weighted by Gasteiger charge is 2.19. The molecule has 0 spiro atoms. The fourth-order valence-corrected chi connectivity index (χ4v) is 2.51. The molecule has 0 aliphatic heterocycles. The van der Waals surface area contributed by atoms with Crippen molar-refractivity contribution in [2.75, 3.05) is 0 Å². The topological polar surface area (TPSA) is 12.9 Å². The van der Waals surface area contributed by atoms with Crippen molar-refractivity contribution in [3.63, 3.8) is 0 Å². The third kappa shape index (κ3) is 2.90. The Hall–Kier alpha value is -0.930. The maximum atomic E-state index is 13.1. The van der Waals surface area contributed by atoms with Crippen LogP contribution in [0, 0.1) is 5.82 Å². The van der Waals surface area contributed by atoms with Gasteiger partial charge in [0, 0.05) is 22.6 Å². The molecule has 0 aliphatic carbocycles. The molecule has 1 aromatic carbocycles. The van der Waals surface area contributed by atoms with Crippen LogP contribution in [0.1, 0.15) is 28.9 Å². The second kappa shape index (κ2) is 5.81. The molecular weight excluding hydrogens is 317 g/mol. The second-order valence-electron chi connectivity index (χ2n) is 4.12. The van der Waals surface area contributed by atoms with Gasteiger partial charge >= 0.3 is 0 Å². The molecule has 0 amide bonds. The maximum Gasteiger partial charge on any atom is 0.141 e. The predicted octanol–water partition coefficient (Wildman–Crippen LogP) is 5.11. The van der Waals surface area contributed by atoms with Crippen LogP contribution < -0.4 is 0 Å². The average Bonchev–Trinajstić information content (AvgIpc) is 2.41. The smallest absolute Gasteiger partial charge is 0.141 e. The van der Waals surface area contributed by atoms with Crippen molar-refractivity contribution in [1.82, 2.24) is 4.98 Å². The number of rotatable bonds is 3. The van der Waals surface area contributed by atoms with E-state index in [1.54, 1.807) is 18.3 Å². The molecule has 4 heteroatoms. The first-order valence-electron chi connectivity index (χ1n) is 5.59. The number of benzene rings is 1. The standard InChI is InChI=1S/C14H12BrClFN/c1-9(13-4-2-3-7-18-13)14(15)10-5-6-12(17)11(16)8-10/h2-9,14H,1H3. The first-order chi connectivity index (χ1) is 8.59. The summed E-state index contributed by atoms with van der Waals surface area (Å²) in [5.74, 6) is -0.224. The van der Waals surface area contributed by atoms with Crippen molar-refractivity contribution in [3.05, 3.63) is 64.7 Å². The molecule has 0 aliphatic rings. The van der Waals surface area contributed by atoms with E-state index in [-0.39, 0.29) is 15.8 Å². The van der Waals surface area contributed by atoms with Crippen LogP contribution in [-0.4, -0.2) is 4.98 Å². The van der Waals surface area contributed by atoms with Gasteiger partial charge in [0.05, 0.1) is 5.02 Å². The average molecular weight is 329 g/mol. The van der Waals surface area contributed by atoms with Gasteiger partial charge in [-0.25, -0.2) is 4.39 Å². The highest BCUT2D eigenvalue weighted by atomic mass is 79.9. The largest absolute Gasteiger partial charge is 0.261 e. The Morgan fingerprint density at radius 3 is 2.67 bits per heavy atom. The van der Waals surface area contributed by atoms with Gasteiger partial charge in [0.1, 0.15) is 5.82 Å². The van der Waals surface area contributed by atoms with Crippen LogP contribution in [0.3, 0.4) is 0 Å². The molecule has 0 bridgehead atoms. The van der Waals surface area contributed by atoms with Crippen molar-refractivity contribution in [2.45, 2.75) is 17.7 Å². The van der Waals surface area contributed by atoms with Gasteiger partial charge in [0.15, 0.2) is 0 Å². The number of hydrogen-bond acceptors (Lipinski definition) is 1. The molecule has 2 aromatic rings. The zero-order chi connectivity index (χ0) is 13.1. The van der Waals surface area contributed by atoms with Crippen molar-refractivity contribution < 1.29 is 4.39 Å². The zero-order valence-electron chi connectivity index (χ0n) is 9.78. The minimum atomic E-state index is -0.398. The van der Waals surface area contributed by atoms with Gasteiger partial charge in [-0.2, -0.15) is 0 Å². The normalized spacial score (nSPS) is 14.2. The molecule has 94 valence electrons. The molecule has 1 aromatic heterocycles. The lowest BCUT2D eigenvalue weighted by atomic mass is 9.97. The van der Waals surface area contributed by atoms with Crippen LogP contribution in [0.4, 0.5) is 4.39 Å². The highest BCUT2D eigenvalue weighted by Crippen LogP contribution is 2.37. The van der Waals surface area contributed by atoms with E-state index in [1.807, 2.05) is 18.2 Å². The Labute approximate surface area is 119 Å². The molecule has 0 saturated carbocycles. The summed E-state index contributed by atoms with van der Waals surface area (Å²) in [6.45, 7) is 2.07. The van der Waals surface area contributed by atoms with Crippen LogP contribution >= 0.6 is 27.5 Å². The number of halogens is 3. The third-order valence-corrected chi connectivity index (χ3v) is 4.47. The Bertz CT molecular complexity index is 533. The van der Waals surface area contributed by atoms with Crippen LogP contribution in [0.5, 0.6) is 0 Å². The third-order valence-electron chi connectivity index (χ3n) is 2.86. The maximum absolute atomic E-state index is 13.1. The summed E-state index contributed by atoms with van der Waals surface area (Å²) in [5, 5.41) is 0.144. The van der Waals surface area contributed by atoms with Crippen molar-refractivity contribution in [2.24, 2.45) is 0 Å². The van der Waals surface area contributed by atoms with Crippen molar-refractivity contribution in [3.8, 4) is 0 Å². The molecule has 2 atom stereocenters. The first kappa shape index (κ1) is 13.5.